The molecule has 184 valence electrons. The fourth-order valence-electron chi connectivity index (χ4n) is 4.68. The molecule has 0 aliphatic carbocycles. The standard InChI is InChI=1S/C25H30F4N4O/c1-16-8-9-21(34-13-12-30-11-5-10-26)32-22(16)24-23-19(18-6-3-4-7-20(18)31-23)14-17(2)33(24)15-25(27,28)29/h3-4,6-9,17,24,30-31H,5,10-15H2,1-2H3/t17-,24?/m1/s1. The quantitative estimate of drug-likeness (QED) is 0.332. The number of halogens is 4. The number of ether oxygens (including phenoxy) is 1. The number of benzene rings is 1. The summed E-state index contributed by atoms with van der Waals surface area (Å²) in [5.41, 5.74) is 4.04. The predicted molar refractivity (Wildman–Crippen MR) is 124 cm³/mol. The summed E-state index contributed by atoms with van der Waals surface area (Å²) >= 11 is 0. The van der Waals surface area contributed by atoms with Gasteiger partial charge in [0.25, 0.3) is 0 Å². The lowest BCUT2D eigenvalue weighted by Crippen LogP contribution is -2.47. The van der Waals surface area contributed by atoms with E-state index in [9.17, 15) is 17.6 Å². The third kappa shape index (κ3) is 5.36. The van der Waals surface area contributed by atoms with Crippen LogP contribution in [0, 0.1) is 6.92 Å². The molecule has 0 radical (unpaired) electrons. The number of alkyl halides is 4. The van der Waals surface area contributed by atoms with E-state index in [1.807, 2.05) is 44.2 Å². The molecule has 0 saturated carbocycles. The SMILES string of the molecule is Cc1ccc(OCCNCCCF)nc1C1c2[nH]c3ccccc3c2C[C@@H](C)N1CC(F)(F)F. The number of rotatable bonds is 9. The number of aromatic amines is 1. The van der Waals surface area contributed by atoms with Gasteiger partial charge in [0, 0.05) is 35.2 Å². The maximum Gasteiger partial charge on any atom is 0.401 e. The number of fused-ring (bicyclic) bond motifs is 3. The van der Waals surface area contributed by atoms with Crippen LogP contribution in [0.5, 0.6) is 5.88 Å². The van der Waals surface area contributed by atoms with Gasteiger partial charge in [-0.3, -0.25) is 9.29 Å². The minimum absolute atomic E-state index is 0.326. The van der Waals surface area contributed by atoms with Crippen LogP contribution in [0.1, 0.15) is 41.9 Å². The molecule has 34 heavy (non-hydrogen) atoms. The van der Waals surface area contributed by atoms with E-state index < -0.39 is 18.8 Å². The highest BCUT2D eigenvalue weighted by molar-refractivity contribution is 5.85. The van der Waals surface area contributed by atoms with Crippen molar-refractivity contribution in [3.8, 4) is 5.88 Å². The van der Waals surface area contributed by atoms with Crippen molar-refractivity contribution in [3.63, 3.8) is 0 Å². The van der Waals surface area contributed by atoms with Crippen molar-refractivity contribution < 1.29 is 22.3 Å². The van der Waals surface area contributed by atoms with Crippen molar-refractivity contribution >= 4 is 10.9 Å². The second-order valence-electron chi connectivity index (χ2n) is 8.80. The smallest absolute Gasteiger partial charge is 0.401 e. The maximum atomic E-state index is 13.6. The van der Waals surface area contributed by atoms with Crippen LogP contribution in [0.4, 0.5) is 17.6 Å². The van der Waals surface area contributed by atoms with Gasteiger partial charge in [-0.15, -0.1) is 0 Å². The lowest BCUT2D eigenvalue weighted by Gasteiger charge is -2.41. The van der Waals surface area contributed by atoms with Gasteiger partial charge in [0.2, 0.25) is 5.88 Å². The second-order valence-corrected chi connectivity index (χ2v) is 8.80. The highest BCUT2D eigenvalue weighted by atomic mass is 19.4. The Labute approximate surface area is 196 Å². The first-order valence-electron chi connectivity index (χ1n) is 11.6. The molecule has 1 aliphatic rings. The molecule has 0 saturated heterocycles. The third-order valence-electron chi connectivity index (χ3n) is 6.26. The van der Waals surface area contributed by atoms with E-state index in [1.165, 1.54) is 4.90 Å². The van der Waals surface area contributed by atoms with Gasteiger partial charge in [-0.1, -0.05) is 24.3 Å². The topological polar surface area (TPSA) is 53.2 Å². The minimum Gasteiger partial charge on any atom is -0.476 e. The largest absolute Gasteiger partial charge is 0.476 e. The van der Waals surface area contributed by atoms with E-state index in [2.05, 4.69) is 15.3 Å². The molecule has 0 amide bonds. The number of aromatic nitrogens is 2. The van der Waals surface area contributed by atoms with Crippen molar-refractivity contribution in [1.29, 1.82) is 0 Å². The normalized spacial score (nSPS) is 18.9. The van der Waals surface area contributed by atoms with Crippen LogP contribution < -0.4 is 10.1 Å². The van der Waals surface area contributed by atoms with E-state index in [0.717, 1.165) is 27.7 Å². The molecule has 2 atom stereocenters. The number of nitrogens with one attached hydrogen (secondary N) is 2. The van der Waals surface area contributed by atoms with Gasteiger partial charge in [0.05, 0.1) is 25.0 Å². The van der Waals surface area contributed by atoms with Crippen LogP contribution in [0.2, 0.25) is 0 Å². The van der Waals surface area contributed by atoms with E-state index in [0.29, 0.717) is 44.1 Å². The van der Waals surface area contributed by atoms with Crippen LogP contribution in [0.15, 0.2) is 36.4 Å². The van der Waals surface area contributed by atoms with Gasteiger partial charge in [-0.25, -0.2) is 4.98 Å². The maximum absolute atomic E-state index is 13.6. The van der Waals surface area contributed by atoms with E-state index in [4.69, 9.17) is 4.74 Å². The average Bonchev–Trinajstić information content (AvgIpc) is 3.15. The summed E-state index contributed by atoms with van der Waals surface area (Å²) in [7, 11) is 0. The van der Waals surface area contributed by atoms with E-state index in [-0.39, 0.29) is 12.7 Å². The summed E-state index contributed by atoms with van der Waals surface area (Å²) in [5.74, 6) is 0.357. The molecular weight excluding hydrogens is 448 g/mol. The first kappa shape index (κ1) is 24.5. The molecule has 1 unspecified atom stereocenters. The number of pyridine rings is 1. The number of hydrogen-bond acceptors (Lipinski definition) is 4. The molecule has 5 nitrogen and oxygen atoms in total. The Morgan fingerprint density at radius 2 is 1.97 bits per heavy atom. The van der Waals surface area contributed by atoms with Crippen LogP contribution in [-0.2, 0) is 6.42 Å². The summed E-state index contributed by atoms with van der Waals surface area (Å²) in [6, 6.07) is 10.4. The number of para-hydroxylation sites is 1. The predicted octanol–water partition coefficient (Wildman–Crippen LogP) is 5.10. The Morgan fingerprint density at radius 1 is 1.18 bits per heavy atom. The fourth-order valence-corrected chi connectivity index (χ4v) is 4.68. The second kappa shape index (κ2) is 10.3. The van der Waals surface area contributed by atoms with Crippen molar-refractivity contribution in [3.05, 3.63) is 58.9 Å². The van der Waals surface area contributed by atoms with Gasteiger partial charge in [-0.05, 0) is 50.4 Å². The monoisotopic (exact) mass is 478 g/mol. The molecule has 1 aliphatic heterocycles. The first-order chi connectivity index (χ1) is 16.3. The molecule has 0 fully saturated rings. The minimum atomic E-state index is -4.34. The zero-order valence-electron chi connectivity index (χ0n) is 19.4. The van der Waals surface area contributed by atoms with E-state index >= 15 is 0 Å². The highest BCUT2D eigenvalue weighted by Gasteiger charge is 2.43. The molecular formula is C25H30F4N4O. The summed E-state index contributed by atoms with van der Waals surface area (Å²) in [6.45, 7) is 3.70. The third-order valence-corrected chi connectivity index (χ3v) is 6.26. The van der Waals surface area contributed by atoms with Gasteiger partial charge >= 0.3 is 6.18 Å². The molecule has 9 heteroatoms. The zero-order chi connectivity index (χ0) is 24.3. The molecule has 3 aromatic rings. The lowest BCUT2D eigenvalue weighted by atomic mass is 9.89. The van der Waals surface area contributed by atoms with Gasteiger partial charge in [-0.2, -0.15) is 13.2 Å². The fraction of sp³-hybridized carbons (Fsp3) is 0.480. The van der Waals surface area contributed by atoms with Crippen LogP contribution in [0.25, 0.3) is 10.9 Å². The molecule has 0 bridgehead atoms. The summed E-state index contributed by atoms with van der Waals surface area (Å²) in [5, 5.41) is 4.11. The van der Waals surface area contributed by atoms with Crippen molar-refractivity contribution in [2.75, 3.05) is 32.9 Å². The Bertz CT molecular complexity index is 1110. The van der Waals surface area contributed by atoms with Crippen molar-refractivity contribution in [1.82, 2.24) is 20.2 Å². The zero-order valence-corrected chi connectivity index (χ0v) is 19.4. The molecule has 3 heterocycles. The Kier molecular flexibility index (Phi) is 7.42. The Balaban J connectivity index is 1.69. The van der Waals surface area contributed by atoms with Crippen molar-refractivity contribution in [2.24, 2.45) is 0 Å². The average molecular weight is 479 g/mol. The molecule has 1 aromatic carbocycles. The molecule has 2 N–H and O–H groups in total. The number of nitrogens with zero attached hydrogens (tertiary/aromatic N) is 2. The van der Waals surface area contributed by atoms with Crippen LogP contribution in [-0.4, -0.2) is 60.0 Å². The summed E-state index contributed by atoms with van der Waals surface area (Å²) in [4.78, 5) is 9.55. The van der Waals surface area contributed by atoms with Gasteiger partial charge in [0.1, 0.15) is 6.61 Å². The van der Waals surface area contributed by atoms with Gasteiger partial charge < -0.3 is 15.0 Å². The van der Waals surface area contributed by atoms with E-state index in [1.54, 1.807) is 6.07 Å². The van der Waals surface area contributed by atoms with Crippen LogP contribution >= 0.6 is 0 Å². The Hall–Kier alpha value is -2.65. The molecule has 4 rings (SSSR count). The number of hydrogen-bond donors (Lipinski definition) is 2. The van der Waals surface area contributed by atoms with Gasteiger partial charge in [0.15, 0.2) is 0 Å². The van der Waals surface area contributed by atoms with Crippen molar-refractivity contribution in [2.45, 2.75) is 44.9 Å². The molecule has 0 spiro atoms. The Morgan fingerprint density at radius 3 is 2.74 bits per heavy atom. The molecule has 2 aromatic heterocycles. The summed E-state index contributed by atoms with van der Waals surface area (Å²) in [6.07, 6.45) is -3.39. The highest BCUT2D eigenvalue weighted by Crippen LogP contribution is 2.42. The first-order valence-corrected chi connectivity index (χ1v) is 11.6. The van der Waals surface area contributed by atoms with Crippen LogP contribution in [0.3, 0.4) is 0 Å². The lowest BCUT2D eigenvalue weighted by molar-refractivity contribution is -0.155. The number of aryl methyl sites for hydroxylation is 1. The number of H-pyrrole nitrogens is 1. The summed E-state index contributed by atoms with van der Waals surface area (Å²) < 4.78 is 58.9.